The SMILES string of the molecule is CCOC(=O)COc1nnc(-c2ccccc2)c(-c2ccccc2)c1C#N. The molecule has 3 aromatic rings. The second-order valence-corrected chi connectivity index (χ2v) is 5.54. The van der Waals surface area contributed by atoms with Crippen molar-refractivity contribution < 1.29 is 14.3 Å². The molecule has 0 aliphatic carbocycles. The molecule has 0 radical (unpaired) electrons. The number of hydrogen-bond donors (Lipinski definition) is 0. The predicted octanol–water partition coefficient (Wildman–Crippen LogP) is 3.62. The van der Waals surface area contributed by atoms with Gasteiger partial charge in [-0.15, -0.1) is 10.2 Å². The van der Waals surface area contributed by atoms with Gasteiger partial charge in [0.2, 0.25) is 0 Å². The van der Waals surface area contributed by atoms with Crippen molar-refractivity contribution in [2.75, 3.05) is 13.2 Å². The number of rotatable bonds is 6. The molecule has 0 N–H and O–H groups in total. The van der Waals surface area contributed by atoms with E-state index >= 15 is 0 Å². The molecule has 0 saturated carbocycles. The molecule has 0 saturated heterocycles. The number of nitriles is 1. The van der Waals surface area contributed by atoms with E-state index in [-0.39, 0.29) is 24.7 Å². The Balaban J connectivity index is 2.12. The smallest absolute Gasteiger partial charge is 0.344 e. The minimum absolute atomic E-state index is 0.00378. The van der Waals surface area contributed by atoms with Crippen LogP contribution in [0.1, 0.15) is 12.5 Å². The van der Waals surface area contributed by atoms with E-state index in [1.165, 1.54) is 0 Å². The van der Waals surface area contributed by atoms with Crippen LogP contribution in [0.25, 0.3) is 22.4 Å². The average molecular weight is 359 g/mol. The third-order valence-electron chi connectivity index (χ3n) is 3.80. The molecule has 6 nitrogen and oxygen atoms in total. The second kappa shape index (κ2) is 8.59. The topological polar surface area (TPSA) is 85.1 Å². The highest BCUT2D eigenvalue weighted by molar-refractivity contribution is 5.85. The molecule has 0 bridgehead atoms. The van der Waals surface area contributed by atoms with E-state index in [4.69, 9.17) is 9.47 Å². The molecule has 1 heterocycles. The van der Waals surface area contributed by atoms with Crippen LogP contribution >= 0.6 is 0 Å². The van der Waals surface area contributed by atoms with Crippen molar-refractivity contribution in [2.24, 2.45) is 0 Å². The van der Waals surface area contributed by atoms with Gasteiger partial charge in [-0.05, 0) is 12.5 Å². The van der Waals surface area contributed by atoms with E-state index in [1.807, 2.05) is 60.7 Å². The first-order valence-corrected chi connectivity index (χ1v) is 8.44. The van der Waals surface area contributed by atoms with Gasteiger partial charge in [-0.25, -0.2) is 4.79 Å². The minimum Gasteiger partial charge on any atom is -0.464 e. The van der Waals surface area contributed by atoms with Crippen molar-refractivity contribution in [3.05, 3.63) is 66.2 Å². The van der Waals surface area contributed by atoms with Gasteiger partial charge in [-0.1, -0.05) is 60.7 Å². The maximum absolute atomic E-state index is 11.6. The lowest BCUT2D eigenvalue weighted by atomic mass is 9.96. The molecule has 134 valence electrons. The van der Waals surface area contributed by atoms with Crippen LogP contribution in [0, 0.1) is 11.3 Å². The maximum atomic E-state index is 11.6. The highest BCUT2D eigenvalue weighted by Crippen LogP contribution is 2.36. The summed E-state index contributed by atoms with van der Waals surface area (Å²) in [6, 6.07) is 21.1. The number of ether oxygens (including phenoxy) is 2. The number of nitrogens with zero attached hydrogens (tertiary/aromatic N) is 3. The van der Waals surface area contributed by atoms with Crippen LogP contribution in [-0.2, 0) is 9.53 Å². The predicted molar refractivity (Wildman–Crippen MR) is 99.7 cm³/mol. The van der Waals surface area contributed by atoms with E-state index in [0.29, 0.717) is 11.3 Å². The summed E-state index contributed by atoms with van der Waals surface area (Å²) in [6.07, 6.45) is 0. The van der Waals surface area contributed by atoms with Gasteiger partial charge >= 0.3 is 5.97 Å². The Hall–Kier alpha value is -3.72. The number of hydrogen-bond acceptors (Lipinski definition) is 6. The fourth-order valence-electron chi connectivity index (χ4n) is 2.64. The van der Waals surface area contributed by atoms with Gasteiger partial charge in [0.25, 0.3) is 5.88 Å². The molecule has 0 fully saturated rings. The third kappa shape index (κ3) is 4.10. The van der Waals surface area contributed by atoms with Crippen LogP contribution in [0.2, 0.25) is 0 Å². The van der Waals surface area contributed by atoms with Gasteiger partial charge in [-0.2, -0.15) is 5.26 Å². The third-order valence-corrected chi connectivity index (χ3v) is 3.80. The maximum Gasteiger partial charge on any atom is 0.344 e. The lowest BCUT2D eigenvalue weighted by Gasteiger charge is -2.13. The first-order chi connectivity index (χ1) is 13.2. The molecule has 6 heteroatoms. The zero-order valence-electron chi connectivity index (χ0n) is 14.8. The summed E-state index contributed by atoms with van der Waals surface area (Å²) < 4.78 is 10.3. The molecule has 3 rings (SSSR count). The van der Waals surface area contributed by atoms with Crippen molar-refractivity contribution in [1.82, 2.24) is 10.2 Å². The zero-order chi connectivity index (χ0) is 19.1. The van der Waals surface area contributed by atoms with Crippen LogP contribution < -0.4 is 4.74 Å². The van der Waals surface area contributed by atoms with Gasteiger partial charge in [-0.3, -0.25) is 0 Å². The van der Waals surface area contributed by atoms with Crippen LogP contribution in [0.4, 0.5) is 0 Å². The lowest BCUT2D eigenvalue weighted by Crippen LogP contribution is -2.16. The molecular weight excluding hydrogens is 342 g/mol. The first-order valence-electron chi connectivity index (χ1n) is 8.44. The molecule has 1 aromatic heterocycles. The van der Waals surface area contributed by atoms with E-state index in [2.05, 4.69) is 16.3 Å². The molecule has 0 spiro atoms. The summed E-state index contributed by atoms with van der Waals surface area (Å²) in [5.41, 5.74) is 3.04. The summed E-state index contributed by atoms with van der Waals surface area (Å²) in [5, 5.41) is 18.1. The molecule has 27 heavy (non-hydrogen) atoms. The summed E-state index contributed by atoms with van der Waals surface area (Å²) in [6.45, 7) is 1.62. The monoisotopic (exact) mass is 359 g/mol. The fraction of sp³-hybridized carbons (Fsp3) is 0.143. The number of aromatic nitrogens is 2. The van der Waals surface area contributed by atoms with Gasteiger partial charge in [0.05, 0.1) is 6.61 Å². The quantitative estimate of drug-likeness (QED) is 0.625. The van der Waals surface area contributed by atoms with Crippen molar-refractivity contribution in [3.8, 4) is 34.3 Å². The normalized spacial score (nSPS) is 10.1. The Kier molecular flexibility index (Phi) is 5.75. The number of benzene rings is 2. The minimum atomic E-state index is -0.531. The van der Waals surface area contributed by atoms with E-state index in [1.54, 1.807) is 6.92 Å². The van der Waals surface area contributed by atoms with Gasteiger partial charge < -0.3 is 9.47 Å². The fourth-order valence-corrected chi connectivity index (χ4v) is 2.64. The summed E-state index contributed by atoms with van der Waals surface area (Å²) in [7, 11) is 0. The van der Waals surface area contributed by atoms with Crippen LogP contribution in [-0.4, -0.2) is 29.4 Å². The van der Waals surface area contributed by atoms with Gasteiger partial charge in [0.15, 0.2) is 6.61 Å². The highest BCUT2D eigenvalue weighted by Gasteiger charge is 2.21. The lowest BCUT2D eigenvalue weighted by molar-refractivity contribution is -0.145. The zero-order valence-corrected chi connectivity index (χ0v) is 14.8. The Morgan fingerprint density at radius 3 is 2.22 bits per heavy atom. The number of esters is 1. The molecule has 0 aliphatic rings. The van der Waals surface area contributed by atoms with Crippen LogP contribution in [0.15, 0.2) is 60.7 Å². The molecule has 2 aromatic carbocycles. The molecule has 0 aliphatic heterocycles. The number of carbonyl (C=O) groups excluding carboxylic acids is 1. The van der Waals surface area contributed by atoms with Crippen LogP contribution in [0.3, 0.4) is 0 Å². The van der Waals surface area contributed by atoms with Gasteiger partial charge in [0.1, 0.15) is 17.3 Å². The van der Waals surface area contributed by atoms with E-state index < -0.39 is 5.97 Å². The van der Waals surface area contributed by atoms with E-state index in [9.17, 15) is 10.1 Å². The second-order valence-electron chi connectivity index (χ2n) is 5.54. The Bertz CT molecular complexity index is 967. The Morgan fingerprint density at radius 1 is 1.00 bits per heavy atom. The first kappa shape index (κ1) is 18.1. The molecular formula is C21H17N3O3. The van der Waals surface area contributed by atoms with Crippen molar-refractivity contribution in [3.63, 3.8) is 0 Å². The summed E-state index contributed by atoms with van der Waals surface area (Å²) in [4.78, 5) is 11.6. The molecule has 0 unspecified atom stereocenters. The largest absolute Gasteiger partial charge is 0.464 e. The molecule has 0 atom stereocenters. The van der Waals surface area contributed by atoms with Crippen molar-refractivity contribution in [1.29, 1.82) is 5.26 Å². The van der Waals surface area contributed by atoms with Crippen molar-refractivity contribution in [2.45, 2.75) is 6.92 Å². The Morgan fingerprint density at radius 2 is 1.63 bits per heavy atom. The number of carbonyl (C=O) groups is 1. The highest BCUT2D eigenvalue weighted by atomic mass is 16.6. The van der Waals surface area contributed by atoms with E-state index in [0.717, 1.165) is 11.1 Å². The van der Waals surface area contributed by atoms with Gasteiger partial charge in [0, 0.05) is 11.1 Å². The standard InChI is InChI=1S/C21H17N3O3/c1-2-26-18(25)14-27-21-17(13-22)19(15-9-5-3-6-10-15)20(23-24-21)16-11-7-4-8-12-16/h3-12H,2,14H2,1H3. The average Bonchev–Trinajstić information content (AvgIpc) is 2.73. The Labute approximate surface area is 157 Å². The molecule has 0 amide bonds. The van der Waals surface area contributed by atoms with Crippen molar-refractivity contribution >= 4 is 5.97 Å². The summed E-state index contributed by atoms with van der Waals surface area (Å²) >= 11 is 0. The van der Waals surface area contributed by atoms with Crippen LogP contribution in [0.5, 0.6) is 5.88 Å². The summed E-state index contributed by atoms with van der Waals surface area (Å²) in [5.74, 6) is -0.527.